The van der Waals surface area contributed by atoms with Crippen LogP contribution < -0.4 is 5.32 Å². The zero-order valence-electron chi connectivity index (χ0n) is 16.1. The van der Waals surface area contributed by atoms with E-state index in [1.807, 2.05) is 10.9 Å². The Morgan fingerprint density at radius 1 is 1.21 bits per heavy atom. The van der Waals surface area contributed by atoms with Crippen LogP contribution in [0.25, 0.3) is 5.57 Å². The molecule has 0 atom stereocenters. The number of hydrogen-bond acceptors (Lipinski definition) is 4. The number of nitrogens with zero attached hydrogens (tertiary/aromatic N) is 4. The first-order valence-corrected chi connectivity index (χ1v) is 9.40. The summed E-state index contributed by atoms with van der Waals surface area (Å²) < 4.78 is 1.83. The van der Waals surface area contributed by atoms with E-state index in [0.29, 0.717) is 19.6 Å². The van der Waals surface area contributed by atoms with Crippen molar-refractivity contribution in [1.82, 2.24) is 25.2 Å². The van der Waals surface area contributed by atoms with E-state index in [1.165, 1.54) is 12.1 Å². The lowest BCUT2D eigenvalue weighted by atomic mass is 10.1. The highest BCUT2D eigenvalue weighted by atomic mass is 16.4. The molecule has 0 saturated carbocycles. The SMILES string of the molecule is CC(C)n1cc(C2=CCCN(C(=O)NCc3ccc(C(=O)O)cc3)CC2)nn1. The summed E-state index contributed by atoms with van der Waals surface area (Å²) >= 11 is 0. The lowest BCUT2D eigenvalue weighted by Gasteiger charge is -2.21. The van der Waals surface area contributed by atoms with Gasteiger partial charge in [-0.3, -0.25) is 0 Å². The Morgan fingerprint density at radius 3 is 2.61 bits per heavy atom. The van der Waals surface area contributed by atoms with Crippen LogP contribution in [0.5, 0.6) is 0 Å². The van der Waals surface area contributed by atoms with Crippen LogP contribution in [0.3, 0.4) is 0 Å². The van der Waals surface area contributed by atoms with Gasteiger partial charge in [-0.2, -0.15) is 0 Å². The van der Waals surface area contributed by atoms with Crippen molar-refractivity contribution in [2.45, 2.75) is 39.3 Å². The largest absolute Gasteiger partial charge is 0.478 e. The summed E-state index contributed by atoms with van der Waals surface area (Å²) in [5.41, 5.74) is 3.08. The minimum Gasteiger partial charge on any atom is -0.478 e. The lowest BCUT2D eigenvalue weighted by Crippen LogP contribution is -2.40. The summed E-state index contributed by atoms with van der Waals surface area (Å²) in [5, 5.41) is 20.2. The van der Waals surface area contributed by atoms with Gasteiger partial charge in [-0.1, -0.05) is 23.4 Å². The maximum Gasteiger partial charge on any atom is 0.335 e. The normalized spacial score (nSPS) is 14.5. The number of carboxylic acid groups (broad SMARTS) is 1. The molecule has 1 aliphatic heterocycles. The van der Waals surface area contributed by atoms with Crippen LogP contribution in [-0.4, -0.2) is 50.1 Å². The number of nitrogens with one attached hydrogen (secondary N) is 1. The minimum absolute atomic E-state index is 0.122. The van der Waals surface area contributed by atoms with E-state index in [0.717, 1.165) is 29.7 Å². The Kier molecular flexibility index (Phi) is 6.08. The van der Waals surface area contributed by atoms with Gasteiger partial charge in [-0.15, -0.1) is 5.10 Å². The standard InChI is InChI=1S/C20H25N5O3/c1-14(2)25-13-18(22-23-25)16-4-3-10-24(11-9-16)20(28)21-12-15-5-7-17(8-6-15)19(26)27/h4-8,13-14H,3,9-12H2,1-2H3,(H,21,28)(H,26,27). The summed E-state index contributed by atoms with van der Waals surface area (Å²) in [7, 11) is 0. The monoisotopic (exact) mass is 383 g/mol. The molecule has 0 radical (unpaired) electrons. The number of carbonyl (C=O) groups is 2. The topological polar surface area (TPSA) is 100 Å². The van der Waals surface area contributed by atoms with Gasteiger partial charge in [-0.25, -0.2) is 14.3 Å². The number of amides is 2. The Bertz CT molecular complexity index is 870. The van der Waals surface area contributed by atoms with Crippen molar-refractivity contribution in [2.75, 3.05) is 13.1 Å². The van der Waals surface area contributed by atoms with Crippen molar-refractivity contribution in [3.05, 3.63) is 53.4 Å². The summed E-state index contributed by atoms with van der Waals surface area (Å²) in [6.45, 7) is 5.73. The molecule has 2 heterocycles. The first-order chi connectivity index (χ1) is 13.4. The number of aromatic nitrogens is 3. The van der Waals surface area contributed by atoms with Crippen LogP contribution in [0.15, 0.2) is 36.5 Å². The lowest BCUT2D eigenvalue weighted by molar-refractivity contribution is 0.0697. The van der Waals surface area contributed by atoms with Crippen molar-refractivity contribution < 1.29 is 14.7 Å². The Morgan fingerprint density at radius 2 is 1.96 bits per heavy atom. The van der Waals surface area contributed by atoms with Crippen molar-refractivity contribution in [2.24, 2.45) is 0 Å². The zero-order valence-corrected chi connectivity index (χ0v) is 16.1. The van der Waals surface area contributed by atoms with Gasteiger partial charge >= 0.3 is 12.0 Å². The van der Waals surface area contributed by atoms with E-state index in [2.05, 4.69) is 35.6 Å². The number of carbonyl (C=O) groups excluding carboxylic acids is 1. The molecule has 1 aliphatic rings. The molecule has 8 heteroatoms. The van der Waals surface area contributed by atoms with Gasteiger partial charge in [0.15, 0.2) is 0 Å². The molecule has 3 rings (SSSR count). The number of aromatic carboxylic acids is 1. The zero-order chi connectivity index (χ0) is 20.1. The number of rotatable bonds is 5. The third-order valence-corrected chi connectivity index (χ3v) is 4.74. The van der Waals surface area contributed by atoms with Crippen molar-refractivity contribution in [3.63, 3.8) is 0 Å². The third-order valence-electron chi connectivity index (χ3n) is 4.74. The molecule has 0 saturated heterocycles. The first-order valence-electron chi connectivity index (χ1n) is 9.40. The molecular weight excluding hydrogens is 358 g/mol. The summed E-state index contributed by atoms with van der Waals surface area (Å²) in [6, 6.07) is 6.64. The summed E-state index contributed by atoms with van der Waals surface area (Å²) in [5.74, 6) is -0.961. The molecule has 0 spiro atoms. The highest BCUT2D eigenvalue weighted by Crippen LogP contribution is 2.21. The van der Waals surface area contributed by atoms with Gasteiger partial charge in [0, 0.05) is 25.7 Å². The molecule has 0 fully saturated rings. The molecule has 2 amide bonds. The Balaban J connectivity index is 1.52. The fourth-order valence-electron chi connectivity index (χ4n) is 3.03. The second-order valence-electron chi connectivity index (χ2n) is 7.09. The smallest absolute Gasteiger partial charge is 0.335 e. The van der Waals surface area contributed by atoms with Crippen molar-refractivity contribution in [1.29, 1.82) is 0 Å². The van der Waals surface area contributed by atoms with Crippen LogP contribution in [0, 0.1) is 0 Å². The van der Waals surface area contributed by atoms with Crippen LogP contribution in [-0.2, 0) is 6.54 Å². The predicted octanol–water partition coefficient (Wildman–Crippen LogP) is 2.95. The van der Waals surface area contributed by atoms with E-state index in [4.69, 9.17) is 5.11 Å². The van der Waals surface area contributed by atoms with E-state index < -0.39 is 5.97 Å². The molecule has 0 bridgehead atoms. The van der Waals surface area contributed by atoms with Gasteiger partial charge in [0.1, 0.15) is 5.69 Å². The Hall–Kier alpha value is -3.16. The molecule has 2 N–H and O–H groups in total. The average Bonchev–Trinajstić information content (AvgIpc) is 3.05. The van der Waals surface area contributed by atoms with Crippen molar-refractivity contribution in [3.8, 4) is 0 Å². The predicted molar refractivity (Wildman–Crippen MR) is 105 cm³/mol. The number of urea groups is 1. The fraction of sp³-hybridized carbons (Fsp3) is 0.400. The maximum atomic E-state index is 12.5. The second-order valence-corrected chi connectivity index (χ2v) is 7.09. The van der Waals surface area contributed by atoms with Crippen molar-refractivity contribution >= 4 is 17.6 Å². The van der Waals surface area contributed by atoms with Gasteiger partial charge in [0.25, 0.3) is 0 Å². The number of hydrogen-bond donors (Lipinski definition) is 2. The van der Waals surface area contributed by atoms with E-state index in [-0.39, 0.29) is 17.6 Å². The molecular formula is C20H25N5O3. The molecule has 1 aromatic heterocycles. The maximum absolute atomic E-state index is 12.5. The van der Waals surface area contributed by atoms with E-state index in [9.17, 15) is 9.59 Å². The fourth-order valence-corrected chi connectivity index (χ4v) is 3.03. The quantitative estimate of drug-likeness (QED) is 0.827. The van der Waals surface area contributed by atoms with Gasteiger partial charge < -0.3 is 15.3 Å². The molecule has 0 unspecified atom stereocenters. The first kappa shape index (κ1) is 19.6. The van der Waals surface area contributed by atoms with Crippen LogP contribution in [0.2, 0.25) is 0 Å². The van der Waals surface area contributed by atoms with E-state index in [1.54, 1.807) is 17.0 Å². The molecule has 1 aromatic carbocycles. The highest BCUT2D eigenvalue weighted by molar-refractivity contribution is 5.87. The summed E-state index contributed by atoms with van der Waals surface area (Å²) in [4.78, 5) is 25.2. The average molecular weight is 383 g/mol. The van der Waals surface area contributed by atoms with Crippen LogP contribution >= 0.6 is 0 Å². The van der Waals surface area contributed by atoms with Gasteiger partial charge in [0.05, 0.1) is 11.8 Å². The number of carboxylic acids is 1. The Labute approximate surface area is 163 Å². The summed E-state index contributed by atoms with van der Waals surface area (Å²) in [6.07, 6.45) is 5.59. The molecule has 2 aromatic rings. The molecule has 8 nitrogen and oxygen atoms in total. The van der Waals surface area contributed by atoms with Crippen LogP contribution in [0.4, 0.5) is 4.79 Å². The van der Waals surface area contributed by atoms with Gasteiger partial charge in [0.2, 0.25) is 0 Å². The molecule has 28 heavy (non-hydrogen) atoms. The molecule has 0 aliphatic carbocycles. The number of benzene rings is 1. The molecule has 148 valence electrons. The van der Waals surface area contributed by atoms with E-state index >= 15 is 0 Å². The minimum atomic E-state index is -0.961. The second kappa shape index (κ2) is 8.69. The van der Waals surface area contributed by atoms with Gasteiger partial charge in [-0.05, 0) is 50.0 Å². The highest BCUT2D eigenvalue weighted by Gasteiger charge is 2.18. The van der Waals surface area contributed by atoms with Crippen LogP contribution in [0.1, 0.15) is 54.3 Å². The third kappa shape index (κ3) is 4.76.